The zero-order valence-electron chi connectivity index (χ0n) is 15.8. The number of nitrogens with zero attached hydrogens (tertiary/aromatic N) is 3. The zero-order valence-corrected chi connectivity index (χ0v) is 17.4. The number of halogens is 1. The van der Waals surface area contributed by atoms with E-state index in [-0.39, 0.29) is 17.1 Å². The first kappa shape index (κ1) is 19.4. The number of carbonyl (C=O) groups excluding carboxylic acids is 1. The molecule has 3 heterocycles. The summed E-state index contributed by atoms with van der Waals surface area (Å²) in [4.78, 5) is 25.4. The van der Waals surface area contributed by atoms with Crippen molar-refractivity contribution in [1.29, 1.82) is 0 Å². The van der Waals surface area contributed by atoms with Crippen molar-refractivity contribution in [3.63, 3.8) is 0 Å². The number of amides is 1. The molecule has 1 amide bonds. The summed E-state index contributed by atoms with van der Waals surface area (Å²) in [6.07, 6.45) is 1.32. The number of aliphatic imine (C=N–C) groups is 2. The number of rotatable bonds is 3. The number of carbonyl (C=O) groups is 1. The first-order chi connectivity index (χ1) is 14.0. The highest BCUT2D eigenvalue weighted by Gasteiger charge is 2.24. The first-order valence-electron chi connectivity index (χ1n) is 8.92. The third-order valence-electron chi connectivity index (χ3n) is 4.38. The molecule has 1 aromatic carbocycles. The minimum atomic E-state index is -0.0504. The standard InChI is InChI=1S/C20H18ClN5O2S/c1-10-8-23-18-17-12-4-7-16(28-11(2)25-15(21)9-22-3)26-13(12)5-6-14(17)29-19(18)20(27)24-10/h4-7,9-10,23H,3,8H2,1-2H3,(H,24,27)/b15-9-,25-11?/t10-/m1/s1. The van der Waals surface area contributed by atoms with E-state index in [1.807, 2.05) is 25.1 Å². The van der Waals surface area contributed by atoms with E-state index >= 15 is 0 Å². The van der Waals surface area contributed by atoms with E-state index in [1.54, 1.807) is 13.0 Å². The molecule has 1 aliphatic rings. The lowest BCUT2D eigenvalue weighted by molar-refractivity contribution is 0.0949. The number of aromatic nitrogens is 1. The average molecular weight is 428 g/mol. The largest absolute Gasteiger partial charge is 0.425 e. The van der Waals surface area contributed by atoms with E-state index in [0.717, 1.165) is 26.7 Å². The maximum absolute atomic E-state index is 12.5. The summed E-state index contributed by atoms with van der Waals surface area (Å²) < 4.78 is 6.70. The van der Waals surface area contributed by atoms with Crippen LogP contribution in [0.1, 0.15) is 23.5 Å². The molecule has 0 radical (unpaired) electrons. The fraction of sp³-hybridized carbons (Fsp3) is 0.200. The molecule has 0 spiro atoms. The molecule has 0 bridgehead atoms. The van der Waals surface area contributed by atoms with Gasteiger partial charge in [0.15, 0.2) is 11.1 Å². The highest BCUT2D eigenvalue weighted by molar-refractivity contribution is 7.21. The van der Waals surface area contributed by atoms with Crippen LogP contribution in [0.25, 0.3) is 21.0 Å². The summed E-state index contributed by atoms with van der Waals surface area (Å²) in [7, 11) is 0. The van der Waals surface area contributed by atoms with Crippen molar-refractivity contribution in [3.05, 3.63) is 40.5 Å². The van der Waals surface area contributed by atoms with Crippen molar-refractivity contribution in [2.45, 2.75) is 19.9 Å². The van der Waals surface area contributed by atoms with Crippen LogP contribution in [0, 0.1) is 0 Å². The Kier molecular flexibility index (Phi) is 5.21. The molecule has 0 fully saturated rings. The van der Waals surface area contributed by atoms with Crippen molar-refractivity contribution in [2.24, 2.45) is 9.98 Å². The van der Waals surface area contributed by atoms with E-state index in [0.29, 0.717) is 23.2 Å². The number of ether oxygens (including phenoxy) is 1. The average Bonchev–Trinajstić information content (AvgIpc) is 2.98. The molecule has 2 aromatic heterocycles. The molecule has 7 nitrogen and oxygen atoms in total. The Morgan fingerprint density at radius 1 is 1.41 bits per heavy atom. The highest BCUT2D eigenvalue weighted by atomic mass is 35.5. The number of hydrogen-bond acceptors (Lipinski definition) is 7. The minimum Gasteiger partial charge on any atom is -0.425 e. The summed E-state index contributed by atoms with van der Waals surface area (Å²) in [6.45, 7) is 7.65. The van der Waals surface area contributed by atoms with Gasteiger partial charge in [-0.25, -0.2) is 9.98 Å². The monoisotopic (exact) mass is 427 g/mol. The van der Waals surface area contributed by atoms with E-state index in [4.69, 9.17) is 16.3 Å². The van der Waals surface area contributed by atoms with Crippen LogP contribution in [-0.4, -0.2) is 36.1 Å². The van der Waals surface area contributed by atoms with Gasteiger partial charge in [0.2, 0.25) is 5.88 Å². The zero-order chi connectivity index (χ0) is 20.5. The molecule has 148 valence electrons. The van der Waals surface area contributed by atoms with Crippen molar-refractivity contribution in [2.75, 3.05) is 11.9 Å². The first-order valence-corrected chi connectivity index (χ1v) is 10.1. The number of nitrogens with one attached hydrogen (secondary N) is 2. The lowest BCUT2D eigenvalue weighted by Crippen LogP contribution is -2.34. The fourth-order valence-corrected chi connectivity index (χ4v) is 4.48. The molecule has 0 saturated heterocycles. The van der Waals surface area contributed by atoms with Gasteiger partial charge in [0.25, 0.3) is 5.91 Å². The Hall–Kier alpha value is -2.97. The van der Waals surface area contributed by atoms with E-state index < -0.39 is 0 Å². The predicted octanol–water partition coefficient (Wildman–Crippen LogP) is 4.53. The molecular formula is C20H18ClN5O2S. The number of pyridine rings is 1. The third kappa shape index (κ3) is 3.81. The maximum atomic E-state index is 12.5. The topological polar surface area (TPSA) is 88.0 Å². The Labute approximate surface area is 176 Å². The van der Waals surface area contributed by atoms with Crippen LogP contribution in [0.5, 0.6) is 5.88 Å². The van der Waals surface area contributed by atoms with Crippen LogP contribution < -0.4 is 15.4 Å². The van der Waals surface area contributed by atoms with Gasteiger partial charge in [0, 0.05) is 41.0 Å². The van der Waals surface area contributed by atoms with Crippen LogP contribution in [0.15, 0.2) is 45.6 Å². The van der Waals surface area contributed by atoms with Gasteiger partial charge in [-0.1, -0.05) is 11.6 Å². The Balaban J connectivity index is 1.76. The van der Waals surface area contributed by atoms with Crippen molar-refractivity contribution in [3.8, 4) is 5.88 Å². The minimum absolute atomic E-state index is 0.0504. The van der Waals surface area contributed by atoms with Crippen molar-refractivity contribution in [1.82, 2.24) is 10.3 Å². The van der Waals surface area contributed by atoms with Crippen LogP contribution in [0.3, 0.4) is 0 Å². The molecule has 0 unspecified atom stereocenters. The molecule has 1 aliphatic heterocycles. The SMILES string of the molecule is C=N/C=C(/Cl)N=C(C)Oc1ccc2c(ccc3sc4c(c32)NC[C@@H](C)NC4=O)n1. The van der Waals surface area contributed by atoms with Gasteiger partial charge >= 0.3 is 0 Å². The van der Waals surface area contributed by atoms with Gasteiger partial charge in [0.05, 0.1) is 17.4 Å². The molecule has 0 aliphatic carbocycles. The Morgan fingerprint density at radius 2 is 2.24 bits per heavy atom. The normalized spacial score (nSPS) is 17.5. The summed E-state index contributed by atoms with van der Waals surface area (Å²) >= 11 is 7.37. The molecule has 0 saturated carbocycles. The number of benzene rings is 1. The maximum Gasteiger partial charge on any atom is 0.263 e. The predicted molar refractivity (Wildman–Crippen MR) is 120 cm³/mol. The van der Waals surface area contributed by atoms with Gasteiger partial charge < -0.3 is 15.4 Å². The Bertz CT molecular complexity index is 1200. The van der Waals surface area contributed by atoms with E-state index in [2.05, 4.69) is 32.3 Å². The van der Waals surface area contributed by atoms with Crippen LogP contribution in [0.4, 0.5) is 5.69 Å². The summed E-state index contributed by atoms with van der Waals surface area (Å²) in [5, 5.41) is 8.53. The molecule has 1 atom stereocenters. The van der Waals surface area contributed by atoms with Crippen molar-refractivity contribution < 1.29 is 9.53 Å². The molecule has 4 rings (SSSR count). The van der Waals surface area contributed by atoms with Crippen LogP contribution in [-0.2, 0) is 0 Å². The molecule has 9 heteroatoms. The van der Waals surface area contributed by atoms with E-state index in [1.165, 1.54) is 17.5 Å². The summed E-state index contributed by atoms with van der Waals surface area (Å²) in [5.41, 5.74) is 1.62. The van der Waals surface area contributed by atoms with Gasteiger partial charge in [-0.3, -0.25) is 9.79 Å². The third-order valence-corrected chi connectivity index (χ3v) is 5.72. The highest BCUT2D eigenvalue weighted by Crippen LogP contribution is 2.41. The van der Waals surface area contributed by atoms with Crippen LogP contribution >= 0.6 is 22.9 Å². The van der Waals surface area contributed by atoms with E-state index in [9.17, 15) is 4.79 Å². The summed E-state index contributed by atoms with van der Waals surface area (Å²) in [6, 6.07) is 7.67. The van der Waals surface area contributed by atoms with Gasteiger partial charge in [-0.15, -0.1) is 11.3 Å². The quantitative estimate of drug-likeness (QED) is 0.365. The number of hydrogen-bond donors (Lipinski definition) is 2. The second-order valence-corrected chi connectivity index (χ2v) is 8.02. The Morgan fingerprint density at radius 3 is 3.03 bits per heavy atom. The molecular weight excluding hydrogens is 410 g/mol. The smallest absolute Gasteiger partial charge is 0.263 e. The fourth-order valence-electron chi connectivity index (χ4n) is 3.19. The van der Waals surface area contributed by atoms with Crippen molar-refractivity contribution >= 4 is 68.1 Å². The molecule has 3 aromatic rings. The number of thiophene rings is 1. The van der Waals surface area contributed by atoms with Gasteiger partial charge in [-0.05, 0) is 31.8 Å². The number of anilines is 1. The molecule has 2 N–H and O–H groups in total. The van der Waals surface area contributed by atoms with Gasteiger partial charge in [0.1, 0.15) is 4.88 Å². The number of fused-ring (bicyclic) bond motifs is 5. The summed E-state index contributed by atoms with van der Waals surface area (Å²) in [5.74, 6) is 0.680. The second kappa shape index (κ2) is 7.81. The van der Waals surface area contributed by atoms with Crippen LogP contribution in [0.2, 0.25) is 0 Å². The lowest BCUT2D eigenvalue weighted by atomic mass is 10.1. The molecule has 29 heavy (non-hydrogen) atoms. The lowest BCUT2D eigenvalue weighted by Gasteiger charge is -2.10. The second-order valence-electron chi connectivity index (χ2n) is 6.58. The van der Waals surface area contributed by atoms with Gasteiger partial charge in [-0.2, -0.15) is 0 Å².